The zero-order valence-electron chi connectivity index (χ0n) is 8.48. The van der Waals surface area contributed by atoms with Gasteiger partial charge in [-0.1, -0.05) is 12.2 Å². The number of hydrogen-bond donors (Lipinski definition) is 2. The SMILES string of the molecule is O=C(O)c1cc(F)cc(-c2cc(=S)nc[nH]2)c1. The highest BCUT2D eigenvalue weighted by atomic mass is 32.1. The number of carboxylic acids is 1. The molecule has 0 amide bonds. The Balaban J connectivity index is 2.59. The third-order valence-corrected chi connectivity index (χ3v) is 2.36. The molecule has 0 unspecified atom stereocenters. The van der Waals surface area contributed by atoms with Gasteiger partial charge in [0, 0.05) is 11.3 Å². The monoisotopic (exact) mass is 250 g/mol. The highest BCUT2D eigenvalue weighted by Crippen LogP contribution is 2.19. The first kappa shape index (κ1) is 11.4. The van der Waals surface area contributed by atoms with Gasteiger partial charge >= 0.3 is 5.97 Å². The van der Waals surface area contributed by atoms with E-state index in [0.29, 0.717) is 15.9 Å². The van der Waals surface area contributed by atoms with Gasteiger partial charge in [0.25, 0.3) is 0 Å². The molecule has 0 fully saturated rings. The molecule has 0 bridgehead atoms. The number of H-pyrrole nitrogens is 1. The smallest absolute Gasteiger partial charge is 0.335 e. The molecule has 1 heterocycles. The van der Waals surface area contributed by atoms with E-state index in [4.69, 9.17) is 17.3 Å². The van der Waals surface area contributed by atoms with E-state index < -0.39 is 11.8 Å². The van der Waals surface area contributed by atoms with Crippen LogP contribution in [0.25, 0.3) is 11.3 Å². The minimum atomic E-state index is -1.18. The Morgan fingerprint density at radius 2 is 2.12 bits per heavy atom. The Kier molecular flexibility index (Phi) is 2.97. The molecule has 2 N–H and O–H groups in total. The van der Waals surface area contributed by atoms with E-state index in [9.17, 15) is 9.18 Å². The average molecular weight is 250 g/mol. The molecule has 0 aliphatic heterocycles. The van der Waals surface area contributed by atoms with Crippen molar-refractivity contribution in [1.29, 1.82) is 0 Å². The number of nitrogens with zero attached hydrogens (tertiary/aromatic N) is 1. The van der Waals surface area contributed by atoms with Gasteiger partial charge in [-0.25, -0.2) is 14.2 Å². The molecule has 2 rings (SSSR count). The molecule has 86 valence electrons. The van der Waals surface area contributed by atoms with Crippen LogP contribution >= 0.6 is 12.2 Å². The van der Waals surface area contributed by atoms with Crippen LogP contribution in [0.1, 0.15) is 10.4 Å². The number of aromatic nitrogens is 2. The van der Waals surface area contributed by atoms with E-state index >= 15 is 0 Å². The summed E-state index contributed by atoms with van der Waals surface area (Å²) in [5, 5.41) is 8.83. The van der Waals surface area contributed by atoms with Crippen molar-refractivity contribution < 1.29 is 14.3 Å². The second-order valence-electron chi connectivity index (χ2n) is 3.33. The van der Waals surface area contributed by atoms with E-state index in [-0.39, 0.29) is 5.56 Å². The van der Waals surface area contributed by atoms with Crippen molar-refractivity contribution in [2.45, 2.75) is 0 Å². The molecule has 2 aromatic rings. The lowest BCUT2D eigenvalue weighted by Gasteiger charge is -2.03. The predicted molar refractivity (Wildman–Crippen MR) is 61.8 cm³/mol. The first-order valence-electron chi connectivity index (χ1n) is 4.65. The Labute approximate surface area is 101 Å². The summed E-state index contributed by atoms with van der Waals surface area (Å²) >= 11 is 4.88. The third kappa shape index (κ3) is 2.54. The molecule has 0 saturated carbocycles. The van der Waals surface area contributed by atoms with E-state index in [2.05, 4.69) is 9.97 Å². The van der Waals surface area contributed by atoms with Crippen molar-refractivity contribution >= 4 is 18.2 Å². The van der Waals surface area contributed by atoms with Gasteiger partial charge in [0.1, 0.15) is 10.5 Å². The zero-order valence-corrected chi connectivity index (χ0v) is 9.29. The van der Waals surface area contributed by atoms with Crippen molar-refractivity contribution in [2.24, 2.45) is 0 Å². The Hall–Kier alpha value is -2.08. The molecule has 0 saturated heterocycles. The maximum absolute atomic E-state index is 13.3. The van der Waals surface area contributed by atoms with Crippen molar-refractivity contribution in [3.63, 3.8) is 0 Å². The summed E-state index contributed by atoms with van der Waals surface area (Å²) in [6, 6.07) is 5.09. The molecular weight excluding hydrogens is 243 g/mol. The van der Waals surface area contributed by atoms with Crippen LogP contribution in [-0.2, 0) is 0 Å². The molecule has 0 atom stereocenters. The first-order valence-corrected chi connectivity index (χ1v) is 5.06. The second kappa shape index (κ2) is 4.42. The molecule has 0 spiro atoms. The van der Waals surface area contributed by atoms with Crippen LogP contribution < -0.4 is 0 Å². The quantitative estimate of drug-likeness (QED) is 0.804. The summed E-state index contributed by atoms with van der Waals surface area (Å²) in [5.41, 5.74) is 0.819. The van der Waals surface area contributed by atoms with Gasteiger partial charge < -0.3 is 10.1 Å². The van der Waals surface area contributed by atoms with Crippen LogP contribution in [0.15, 0.2) is 30.6 Å². The lowest BCUT2D eigenvalue weighted by atomic mass is 10.1. The van der Waals surface area contributed by atoms with Gasteiger partial charge in [-0.15, -0.1) is 0 Å². The fraction of sp³-hybridized carbons (Fsp3) is 0. The van der Waals surface area contributed by atoms with Crippen molar-refractivity contribution in [3.05, 3.63) is 46.6 Å². The predicted octanol–water partition coefficient (Wildman–Crippen LogP) is 2.64. The molecule has 0 aliphatic rings. The maximum Gasteiger partial charge on any atom is 0.335 e. The summed E-state index contributed by atoms with van der Waals surface area (Å²) in [4.78, 5) is 17.4. The molecular formula is C11H7FN2O2S. The highest BCUT2D eigenvalue weighted by molar-refractivity contribution is 7.71. The summed E-state index contributed by atoms with van der Waals surface area (Å²) in [5.74, 6) is -1.80. The average Bonchev–Trinajstić information content (AvgIpc) is 2.28. The van der Waals surface area contributed by atoms with Gasteiger partial charge in [0.15, 0.2) is 0 Å². The second-order valence-corrected chi connectivity index (χ2v) is 3.75. The summed E-state index contributed by atoms with van der Waals surface area (Å²) in [6.45, 7) is 0. The van der Waals surface area contributed by atoms with Crippen LogP contribution in [0.5, 0.6) is 0 Å². The van der Waals surface area contributed by atoms with Gasteiger partial charge in [-0.05, 0) is 24.3 Å². The minimum Gasteiger partial charge on any atom is -0.478 e. The number of benzene rings is 1. The minimum absolute atomic E-state index is 0.115. The van der Waals surface area contributed by atoms with Gasteiger partial charge in [-0.3, -0.25) is 0 Å². The molecule has 4 nitrogen and oxygen atoms in total. The van der Waals surface area contributed by atoms with Gasteiger partial charge in [0.05, 0.1) is 11.9 Å². The van der Waals surface area contributed by atoms with Crippen LogP contribution in [0.2, 0.25) is 0 Å². The van der Waals surface area contributed by atoms with E-state index in [1.54, 1.807) is 0 Å². The highest BCUT2D eigenvalue weighted by Gasteiger charge is 2.08. The largest absolute Gasteiger partial charge is 0.478 e. The summed E-state index contributed by atoms with van der Waals surface area (Å²) in [7, 11) is 0. The summed E-state index contributed by atoms with van der Waals surface area (Å²) < 4.78 is 13.6. The maximum atomic E-state index is 13.3. The third-order valence-electron chi connectivity index (χ3n) is 2.14. The summed E-state index contributed by atoms with van der Waals surface area (Å²) in [6.07, 6.45) is 1.38. The molecule has 17 heavy (non-hydrogen) atoms. The number of nitrogens with one attached hydrogen (secondary N) is 1. The zero-order chi connectivity index (χ0) is 12.4. The van der Waals surface area contributed by atoms with Crippen LogP contribution in [-0.4, -0.2) is 21.0 Å². The number of halogens is 1. The lowest BCUT2D eigenvalue weighted by molar-refractivity contribution is 0.0696. The molecule has 6 heteroatoms. The number of aromatic amines is 1. The van der Waals surface area contributed by atoms with Crippen LogP contribution in [0.4, 0.5) is 4.39 Å². The Bertz CT molecular complexity index is 639. The molecule has 1 aromatic heterocycles. The van der Waals surface area contributed by atoms with Crippen molar-refractivity contribution in [1.82, 2.24) is 9.97 Å². The molecule has 1 aromatic carbocycles. The lowest BCUT2D eigenvalue weighted by Crippen LogP contribution is -1.98. The first-order chi connectivity index (χ1) is 8.06. The Morgan fingerprint density at radius 1 is 1.35 bits per heavy atom. The number of hydrogen-bond acceptors (Lipinski definition) is 3. The van der Waals surface area contributed by atoms with Crippen LogP contribution in [0.3, 0.4) is 0 Å². The van der Waals surface area contributed by atoms with E-state index in [0.717, 1.165) is 6.07 Å². The number of carboxylic acid groups (broad SMARTS) is 1. The van der Waals surface area contributed by atoms with E-state index in [1.807, 2.05) is 0 Å². The van der Waals surface area contributed by atoms with E-state index in [1.165, 1.54) is 24.5 Å². The Morgan fingerprint density at radius 3 is 2.76 bits per heavy atom. The van der Waals surface area contributed by atoms with Gasteiger partial charge in [0.2, 0.25) is 0 Å². The molecule has 0 radical (unpaired) electrons. The molecule has 0 aliphatic carbocycles. The van der Waals surface area contributed by atoms with Gasteiger partial charge in [-0.2, -0.15) is 0 Å². The standard InChI is InChI=1S/C11H7FN2O2S/c12-8-2-6(1-7(3-8)11(15)16)9-4-10(17)14-5-13-9/h1-5H,(H,15,16)(H,13,14,17). The number of carbonyl (C=O) groups is 1. The van der Waals surface area contributed by atoms with Crippen molar-refractivity contribution in [2.75, 3.05) is 0 Å². The topological polar surface area (TPSA) is 66.0 Å². The van der Waals surface area contributed by atoms with Crippen LogP contribution in [0, 0.1) is 10.5 Å². The normalized spacial score (nSPS) is 10.2. The number of rotatable bonds is 2. The number of aromatic carboxylic acids is 1. The fourth-order valence-corrected chi connectivity index (χ4v) is 1.57. The van der Waals surface area contributed by atoms with Crippen molar-refractivity contribution in [3.8, 4) is 11.3 Å². The fourth-order valence-electron chi connectivity index (χ4n) is 1.40.